The minimum atomic E-state index is -0.745. The highest BCUT2D eigenvalue weighted by molar-refractivity contribution is 6.42. The van der Waals surface area contributed by atoms with Crippen molar-refractivity contribution in [2.24, 2.45) is 0 Å². The van der Waals surface area contributed by atoms with Gasteiger partial charge in [0.15, 0.2) is 0 Å². The van der Waals surface area contributed by atoms with Crippen LogP contribution in [0.1, 0.15) is 26.2 Å². The molecule has 0 heterocycles. The standard InChI is InChI=1S/C15H20Cl2N2O3/c1-2-3-8-22-9-4-7-18-14(20)15(21)19-11-5-6-12(16)13(17)10-11/h5-6,10H,2-4,7-9H2,1H3,(H,18,20)(H,19,21). The lowest BCUT2D eigenvalue weighted by atomic mass is 10.3. The molecule has 0 saturated carbocycles. The first-order valence-electron chi connectivity index (χ1n) is 7.16. The number of anilines is 1. The fourth-order valence-corrected chi connectivity index (χ4v) is 1.86. The average Bonchev–Trinajstić information content (AvgIpc) is 2.49. The van der Waals surface area contributed by atoms with Crippen molar-refractivity contribution in [2.75, 3.05) is 25.1 Å². The van der Waals surface area contributed by atoms with Crippen molar-refractivity contribution in [1.29, 1.82) is 0 Å². The number of unbranched alkanes of at least 4 members (excludes halogenated alkanes) is 1. The molecule has 122 valence electrons. The summed E-state index contributed by atoms with van der Waals surface area (Å²) in [4.78, 5) is 23.3. The molecule has 0 saturated heterocycles. The Bertz CT molecular complexity index is 510. The second-order valence-corrected chi connectivity index (χ2v) is 5.47. The second kappa shape index (κ2) is 10.4. The van der Waals surface area contributed by atoms with Crippen molar-refractivity contribution < 1.29 is 14.3 Å². The number of hydrogen-bond acceptors (Lipinski definition) is 3. The van der Waals surface area contributed by atoms with Crippen molar-refractivity contribution in [3.05, 3.63) is 28.2 Å². The Labute approximate surface area is 140 Å². The zero-order valence-corrected chi connectivity index (χ0v) is 14.0. The first-order chi connectivity index (χ1) is 10.5. The maximum atomic E-state index is 11.7. The van der Waals surface area contributed by atoms with Crippen LogP contribution >= 0.6 is 23.2 Å². The average molecular weight is 347 g/mol. The molecule has 5 nitrogen and oxygen atoms in total. The van der Waals surface area contributed by atoms with Crippen LogP contribution < -0.4 is 10.6 Å². The molecule has 2 amide bonds. The normalized spacial score (nSPS) is 10.3. The Hall–Kier alpha value is -1.30. The maximum Gasteiger partial charge on any atom is 0.313 e. The molecular formula is C15H20Cl2N2O3. The molecular weight excluding hydrogens is 327 g/mol. The van der Waals surface area contributed by atoms with Crippen molar-refractivity contribution in [3.63, 3.8) is 0 Å². The summed E-state index contributed by atoms with van der Waals surface area (Å²) in [5.41, 5.74) is 0.414. The molecule has 22 heavy (non-hydrogen) atoms. The predicted molar refractivity (Wildman–Crippen MR) is 88.4 cm³/mol. The van der Waals surface area contributed by atoms with Gasteiger partial charge in [0.2, 0.25) is 0 Å². The Morgan fingerprint density at radius 3 is 2.50 bits per heavy atom. The number of carbonyl (C=O) groups is 2. The fraction of sp³-hybridized carbons (Fsp3) is 0.467. The Balaban J connectivity index is 2.24. The van der Waals surface area contributed by atoms with Gasteiger partial charge in [-0.3, -0.25) is 9.59 Å². The van der Waals surface area contributed by atoms with Gasteiger partial charge in [-0.15, -0.1) is 0 Å². The lowest BCUT2D eigenvalue weighted by Gasteiger charge is -2.07. The van der Waals surface area contributed by atoms with Gasteiger partial charge in [-0.25, -0.2) is 0 Å². The smallest absolute Gasteiger partial charge is 0.313 e. The number of amides is 2. The third-order valence-corrected chi connectivity index (χ3v) is 3.52. The molecule has 0 aliphatic rings. The molecule has 0 radical (unpaired) electrons. The molecule has 0 atom stereocenters. The zero-order valence-electron chi connectivity index (χ0n) is 12.5. The van der Waals surface area contributed by atoms with Gasteiger partial charge >= 0.3 is 11.8 Å². The van der Waals surface area contributed by atoms with Crippen LogP contribution in [-0.4, -0.2) is 31.6 Å². The highest BCUT2D eigenvalue weighted by Gasteiger charge is 2.13. The zero-order chi connectivity index (χ0) is 16.4. The second-order valence-electron chi connectivity index (χ2n) is 4.66. The molecule has 2 N–H and O–H groups in total. The number of hydrogen-bond donors (Lipinski definition) is 2. The van der Waals surface area contributed by atoms with Crippen LogP contribution in [-0.2, 0) is 14.3 Å². The Morgan fingerprint density at radius 1 is 1.09 bits per heavy atom. The van der Waals surface area contributed by atoms with Crippen molar-refractivity contribution in [1.82, 2.24) is 5.32 Å². The molecule has 0 aliphatic heterocycles. The van der Waals surface area contributed by atoms with Crippen molar-refractivity contribution in [3.8, 4) is 0 Å². The summed E-state index contributed by atoms with van der Waals surface area (Å²) in [6.45, 7) is 3.77. The third kappa shape index (κ3) is 7.11. The Morgan fingerprint density at radius 2 is 1.82 bits per heavy atom. The van der Waals surface area contributed by atoms with Crippen LogP contribution in [0.25, 0.3) is 0 Å². The van der Waals surface area contributed by atoms with Gasteiger partial charge in [0.1, 0.15) is 0 Å². The number of ether oxygens (including phenoxy) is 1. The molecule has 1 aromatic rings. The largest absolute Gasteiger partial charge is 0.381 e. The minimum absolute atomic E-state index is 0.309. The number of halogens is 2. The van der Waals surface area contributed by atoms with Gasteiger partial charge in [0.25, 0.3) is 0 Å². The molecule has 7 heteroatoms. The van der Waals surface area contributed by atoms with E-state index in [1.807, 2.05) is 0 Å². The van der Waals surface area contributed by atoms with Crippen molar-refractivity contribution >= 4 is 40.7 Å². The van der Waals surface area contributed by atoms with E-state index in [9.17, 15) is 9.59 Å². The quantitative estimate of drug-likeness (QED) is 0.560. The minimum Gasteiger partial charge on any atom is -0.381 e. The topological polar surface area (TPSA) is 67.4 Å². The van der Waals surface area contributed by atoms with Crippen LogP contribution in [0.3, 0.4) is 0 Å². The lowest BCUT2D eigenvalue weighted by Crippen LogP contribution is -2.36. The van der Waals surface area contributed by atoms with Crippen LogP contribution in [0.4, 0.5) is 5.69 Å². The fourth-order valence-electron chi connectivity index (χ4n) is 1.57. The summed E-state index contributed by atoms with van der Waals surface area (Å²) in [5, 5.41) is 5.67. The molecule has 0 unspecified atom stereocenters. The summed E-state index contributed by atoms with van der Waals surface area (Å²) in [6.07, 6.45) is 2.78. The van der Waals surface area contributed by atoms with Gasteiger partial charge in [0.05, 0.1) is 10.0 Å². The maximum absolute atomic E-state index is 11.7. The SMILES string of the molecule is CCCCOCCCNC(=O)C(=O)Nc1ccc(Cl)c(Cl)c1. The van der Waals surface area contributed by atoms with E-state index >= 15 is 0 Å². The molecule has 0 bridgehead atoms. The van der Waals surface area contributed by atoms with Crippen LogP contribution in [0.2, 0.25) is 10.0 Å². The van der Waals surface area contributed by atoms with E-state index < -0.39 is 11.8 Å². The van der Waals surface area contributed by atoms with Gasteiger partial charge in [0, 0.05) is 25.4 Å². The molecule has 0 fully saturated rings. The molecule has 0 aromatic heterocycles. The van der Waals surface area contributed by atoms with E-state index in [1.165, 1.54) is 6.07 Å². The molecule has 1 aromatic carbocycles. The highest BCUT2D eigenvalue weighted by Crippen LogP contribution is 2.24. The first kappa shape index (κ1) is 18.7. The van der Waals surface area contributed by atoms with E-state index in [2.05, 4.69) is 17.6 Å². The summed E-state index contributed by atoms with van der Waals surface area (Å²) in [7, 11) is 0. The van der Waals surface area contributed by atoms with E-state index in [4.69, 9.17) is 27.9 Å². The predicted octanol–water partition coefficient (Wildman–Crippen LogP) is 3.25. The van der Waals surface area contributed by atoms with E-state index in [0.717, 1.165) is 19.4 Å². The van der Waals surface area contributed by atoms with Gasteiger partial charge < -0.3 is 15.4 Å². The van der Waals surface area contributed by atoms with Crippen molar-refractivity contribution in [2.45, 2.75) is 26.2 Å². The van der Waals surface area contributed by atoms with E-state index in [0.29, 0.717) is 35.3 Å². The molecule has 0 spiro atoms. The Kier molecular flexibility index (Phi) is 8.89. The number of rotatable bonds is 8. The summed E-state index contributed by atoms with van der Waals surface area (Å²) >= 11 is 11.6. The van der Waals surface area contributed by atoms with E-state index in [1.54, 1.807) is 12.1 Å². The summed E-state index contributed by atoms with van der Waals surface area (Å²) in [6, 6.07) is 4.60. The lowest BCUT2D eigenvalue weighted by molar-refractivity contribution is -0.136. The summed E-state index contributed by atoms with van der Waals surface area (Å²) < 4.78 is 5.36. The molecule has 1 rings (SSSR count). The highest BCUT2D eigenvalue weighted by atomic mass is 35.5. The van der Waals surface area contributed by atoms with Crippen LogP contribution in [0, 0.1) is 0 Å². The van der Waals surface area contributed by atoms with Gasteiger partial charge in [-0.2, -0.15) is 0 Å². The van der Waals surface area contributed by atoms with Crippen LogP contribution in [0.15, 0.2) is 18.2 Å². The monoisotopic (exact) mass is 346 g/mol. The third-order valence-electron chi connectivity index (χ3n) is 2.78. The molecule has 0 aliphatic carbocycles. The van der Waals surface area contributed by atoms with E-state index in [-0.39, 0.29) is 0 Å². The van der Waals surface area contributed by atoms with Gasteiger partial charge in [-0.05, 0) is 31.0 Å². The van der Waals surface area contributed by atoms with Crippen LogP contribution in [0.5, 0.6) is 0 Å². The number of nitrogens with one attached hydrogen (secondary N) is 2. The summed E-state index contributed by atoms with van der Waals surface area (Å²) in [5.74, 6) is -1.44. The number of benzene rings is 1. The first-order valence-corrected chi connectivity index (χ1v) is 7.92. The van der Waals surface area contributed by atoms with Gasteiger partial charge in [-0.1, -0.05) is 36.5 Å². The number of carbonyl (C=O) groups excluding carboxylic acids is 2.